The number of carbonyl (C=O) groups is 1. The predicted octanol–water partition coefficient (Wildman–Crippen LogP) is 1.88. The zero-order valence-corrected chi connectivity index (χ0v) is 7.62. The molecule has 0 saturated heterocycles. The van der Waals surface area contributed by atoms with Gasteiger partial charge in [0.15, 0.2) is 0 Å². The maximum Gasteiger partial charge on any atom is 0.364 e. The lowest BCUT2D eigenvalue weighted by Gasteiger charge is -2.18. The molecule has 0 rings (SSSR count). The van der Waals surface area contributed by atoms with Crippen LogP contribution in [0.2, 0.25) is 0 Å². The molecule has 0 aliphatic carbocycles. The Kier molecular flexibility index (Phi) is 2.18. The average molecular weight is 190 g/mol. The standard InChI is InChI=1S/C8H13NO4/c1-5(10)6(9-12)7(11)13-8(2,3)4/h10H,1-4H3/b6-5+/i1D3. The number of aliphatic hydroxyl groups is 1. The van der Waals surface area contributed by atoms with Gasteiger partial charge in [-0.2, -0.15) is 0 Å². The van der Waals surface area contributed by atoms with E-state index in [2.05, 4.69) is 5.18 Å². The summed E-state index contributed by atoms with van der Waals surface area (Å²) in [5.74, 6) is -2.63. The fourth-order valence-electron chi connectivity index (χ4n) is 0.504. The predicted molar refractivity (Wildman–Crippen MR) is 47.0 cm³/mol. The second kappa shape index (κ2) is 4.02. The Morgan fingerprint density at radius 3 is 2.38 bits per heavy atom. The molecular formula is C8H13NO4. The van der Waals surface area contributed by atoms with E-state index in [1.165, 1.54) is 20.8 Å². The normalized spacial score (nSPS) is 17.6. The maximum absolute atomic E-state index is 11.3. The van der Waals surface area contributed by atoms with E-state index >= 15 is 0 Å². The number of carbonyl (C=O) groups excluding carboxylic acids is 1. The highest BCUT2D eigenvalue weighted by molar-refractivity contribution is 5.88. The van der Waals surface area contributed by atoms with Gasteiger partial charge < -0.3 is 9.84 Å². The van der Waals surface area contributed by atoms with Crippen LogP contribution >= 0.6 is 0 Å². The molecule has 74 valence electrons. The smallest absolute Gasteiger partial charge is 0.364 e. The second-order valence-corrected chi connectivity index (χ2v) is 3.29. The first-order valence-corrected chi connectivity index (χ1v) is 3.49. The topological polar surface area (TPSA) is 76.0 Å². The van der Waals surface area contributed by atoms with Gasteiger partial charge in [0, 0.05) is 4.11 Å². The van der Waals surface area contributed by atoms with E-state index in [4.69, 9.17) is 14.0 Å². The van der Waals surface area contributed by atoms with Crippen molar-refractivity contribution < 1.29 is 18.8 Å². The van der Waals surface area contributed by atoms with Crippen LogP contribution in [-0.2, 0) is 9.53 Å². The minimum atomic E-state index is -2.97. The first-order chi connectivity index (χ1) is 6.99. The molecule has 0 aliphatic heterocycles. The molecule has 1 N–H and O–H groups in total. The van der Waals surface area contributed by atoms with Crippen molar-refractivity contribution in [1.29, 1.82) is 0 Å². The summed E-state index contributed by atoms with van der Waals surface area (Å²) in [5, 5.41) is 11.3. The highest BCUT2D eigenvalue weighted by Crippen LogP contribution is 2.13. The molecule has 0 saturated carbocycles. The van der Waals surface area contributed by atoms with Crippen LogP contribution in [0.1, 0.15) is 31.7 Å². The summed E-state index contributed by atoms with van der Waals surface area (Å²) >= 11 is 0. The summed E-state index contributed by atoms with van der Waals surface area (Å²) in [4.78, 5) is 21.6. The highest BCUT2D eigenvalue weighted by atomic mass is 16.6. The van der Waals surface area contributed by atoms with Crippen LogP contribution in [0.25, 0.3) is 0 Å². The molecule has 0 radical (unpaired) electrons. The van der Waals surface area contributed by atoms with Gasteiger partial charge in [0.1, 0.15) is 11.4 Å². The van der Waals surface area contributed by atoms with Crippen molar-refractivity contribution >= 4 is 5.97 Å². The van der Waals surface area contributed by atoms with E-state index in [0.717, 1.165) is 0 Å². The summed E-state index contributed by atoms with van der Waals surface area (Å²) in [7, 11) is 0. The third kappa shape index (κ3) is 4.25. The summed E-state index contributed by atoms with van der Waals surface area (Å²) in [6.45, 7) is 1.61. The van der Waals surface area contributed by atoms with E-state index < -0.39 is 29.9 Å². The molecule has 0 aromatic carbocycles. The molecule has 0 aromatic heterocycles. The molecule has 0 unspecified atom stereocenters. The van der Waals surface area contributed by atoms with Gasteiger partial charge in [-0.1, -0.05) is 0 Å². The molecule has 0 heterocycles. The van der Waals surface area contributed by atoms with Crippen molar-refractivity contribution in [2.45, 2.75) is 33.2 Å². The fourth-order valence-corrected chi connectivity index (χ4v) is 0.504. The summed E-state index contributed by atoms with van der Waals surface area (Å²) in [6, 6.07) is 0. The highest BCUT2D eigenvalue weighted by Gasteiger charge is 2.22. The summed E-state index contributed by atoms with van der Waals surface area (Å²) < 4.78 is 25.2. The molecule has 0 amide bonds. The quantitative estimate of drug-likeness (QED) is 0.312. The number of esters is 1. The number of ether oxygens (including phenoxy) is 1. The van der Waals surface area contributed by atoms with Gasteiger partial charge in [-0.25, -0.2) is 4.79 Å². The van der Waals surface area contributed by atoms with Gasteiger partial charge in [0.2, 0.25) is 5.70 Å². The number of aliphatic hydroxyl groups excluding tert-OH is 1. The van der Waals surface area contributed by atoms with Crippen molar-refractivity contribution in [1.82, 2.24) is 0 Å². The number of rotatable bonds is 2. The first kappa shape index (κ1) is 7.06. The largest absolute Gasteiger partial charge is 0.510 e. The van der Waals surface area contributed by atoms with Gasteiger partial charge >= 0.3 is 5.97 Å². The lowest BCUT2D eigenvalue weighted by molar-refractivity contribution is -0.150. The van der Waals surface area contributed by atoms with Crippen molar-refractivity contribution in [2.24, 2.45) is 5.18 Å². The van der Waals surface area contributed by atoms with E-state index in [-0.39, 0.29) is 0 Å². The Labute approximate surface area is 80.6 Å². The van der Waals surface area contributed by atoms with Gasteiger partial charge in [-0.05, 0) is 32.8 Å². The molecule has 0 bridgehead atoms. The van der Waals surface area contributed by atoms with E-state index in [1.807, 2.05) is 0 Å². The van der Waals surface area contributed by atoms with Gasteiger partial charge in [0.25, 0.3) is 0 Å². The Bertz CT molecular complexity index is 327. The van der Waals surface area contributed by atoms with Crippen LogP contribution in [0.3, 0.4) is 0 Å². The minimum Gasteiger partial charge on any atom is -0.510 e. The molecular weight excluding hydrogens is 174 g/mol. The molecule has 0 aliphatic rings. The van der Waals surface area contributed by atoms with Gasteiger partial charge in [-0.15, -0.1) is 4.91 Å². The minimum absolute atomic E-state index is 0.915. The zero-order valence-electron chi connectivity index (χ0n) is 10.6. The molecule has 13 heavy (non-hydrogen) atoms. The van der Waals surface area contributed by atoms with Crippen LogP contribution < -0.4 is 0 Å². The van der Waals surface area contributed by atoms with E-state index in [1.54, 1.807) is 0 Å². The number of nitroso groups, excluding NO2 is 1. The summed E-state index contributed by atoms with van der Waals surface area (Å²) in [5.41, 5.74) is -2.04. The van der Waals surface area contributed by atoms with Crippen molar-refractivity contribution in [3.63, 3.8) is 0 Å². The fraction of sp³-hybridized carbons (Fsp3) is 0.625. The van der Waals surface area contributed by atoms with E-state index in [9.17, 15) is 9.70 Å². The maximum atomic E-state index is 11.3. The van der Waals surface area contributed by atoms with Crippen LogP contribution in [0, 0.1) is 4.91 Å². The Morgan fingerprint density at radius 1 is 1.54 bits per heavy atom. The third-order valence-corrected chi connectivity index (χ3v) is 0.908. The zero-order chi connectivity index (χ0) is 13.1. The van der Waals surface area contributed by atoms with Crippen LogP contribution in [0.4, 0.5) is 0 Å². The first-order valence-electron chi connectivity index (χ1n) is 4.99. The Morgan fingerprint density at radius 2 is 2.08 bits per heavy atom. The van der Waals surface area contributed by atoms with Crippen molar-refractivity contribution in [3.8, 4) is 0 Å². The van der Waals surface area contributed by atoms with Crippen LogP contribution in [0.5, 0.6) is 0 Å². The second-order valence-electron chi connectivity index (χ2n) is 3.29. The molecule has 5 nitrogen and oxygen atoms in total. The molecule has 5 heteroatoms. The Hall–Kier alpha value is -1.39. The lowest BCUT2D eigenvalue weighted by Crippen LogP contribution is -2.24. The van der Waals surface area contributed by atoms with Crippen molar-refractivity contribution in [3.05, 3.63) is 16.4 Å². The van der Waals surface area contributed by atoms with E-state index in [0.29, 0.717) is 0 Å². The molecule has 0 atom stereocenters. The van der Waals surface area contributed by atoms with Crippen LogP contribution in [-0.4, -0.2) is 16.7 Å². The van der Waals surface area contributed by atoms with Gasteiger partial charge in [0.05, 0.1) is 0 Å². The van der Waals surface area contributed by atoms with Crippen molar-refractivity contribution in [2.75, 3.05) is 0 Å². The number of allylic oxidation sites excluding steroid dienone is 1. The monoisotopic (exact) mass is 190 g/mol. The van der Waals surface area contributed by atoms with Crippen LogP contribution in [0.15, 0.2) is 16.6 Å². The number of hydrogen-bond donors (Lipinski definition) is 1. The SMILES string of the molecule is [2H]C([2H])([2H])/C(O)=C(\N=O)C(=O)OC(C)(C)C. The lowest BCUT2D eigenvalue weighted by atomic mass is 10.2. The average Bonchev–Trinajstić information content (AvgIpc) is 1.99. The molecule has 0 aromatic rings. The number of nitrogens with zero attached hydrogens (tertiary/aromatic N) is 1. The Balaban J connectivity index is 5.17. The van der Waals surface area contributed by atoms with Gasteiger partial charge in [-0.3, -0.25) is 0 Å². The molecule has 0 fully saturated rings. The molecule has 0 spiro atoms. The number of hydrogen-bond acceptors (Lipinski definition) is 5. The third-order valence-electron chi connectivity index (χ3n) is 0.908. The summed E-state index contributed by atoms with van der Waals surface area (Å²) in [6.07, 6.45) is 0.